The van der Waals surface area contributed by atoms with E-state index in [1.54, 1.807) is 12.1 Å². The van der Waals surface area contributed by atoms with Gasteiger partial charge in [0.05, 0.1) is 11.3 Å². The highest BCUT2D eigenvalue weighted by Gasteiger charge is 2.44. The second-order valence-electron chi connectivity index (χ2n) is 6.91. The fourth-order valence-corrected chi connectivity index (χ4v) is 3.68. The molecule has 1 saturated carbocycles. The lowest BCUT2D eigenvalue weighted by molar-refractivity contribution is -0.137. The smallest absolute Gasteiger partial charge is 0.308 e. The number of hydrogen-bond donors (Lipinski definition) is 1. The van der Waals surface area contributed by atoms with Crippen molar-refractivity contribution in [2.45, 2.75) is 49.9 Å². The van der Waals surface area contributed by atoms with Gasteiger partial charge in [-0.3, -0.25) is 4.68 Å². The van der Waals surface area contributed by atoms with Gasteiger partial charge in [-0.2, -0.15) is 18.3 Å². The van der Waals surface area contributed by atoms with Gasteiger partial charge in [-0.15, -0.1) is 0 Å². The largest absolute Gasteiger partial charge is 0.416 e. The van der Waals surface area contributed by atoms with Crippen LogP contribution in [-0.2, 0) is 18.1 Å². The molecule has 1 unspecified atom stereocenters. The predicted octanol–water partition coefficient (Wildman–Crippen LogP) is 4.06. The second-order valence-corrected chi connectivity index (χ2v) is 6.91. The highest BCUT2D eigenvalue weighted by molar-refractivity contribution is 5.35. The van der Waals surface area contributed by atoms with E-state index in [-0.39, 0.29) is 11.5 Å². The van der Waals surface area contributed by atoms with Crippen molar-refractivity contribution < 1.29 is 13.2 Å². The van der Waals surface area contributed by atoms with Gasteiger partial charge < -0.3 is 5.32 Å². The number of benzene rings is 1. The first kappa shape index (κ1) is 15.7. The Labute approximate surface area is 138 Å². The summed E-state index contributed by atoms with van der Waals surface area (Å²) in [6, 6.07) is 8.02. The molecule has 1 aliphatic carbocycles. The number of alkyl halides is 3. The van der Waals surface area contributed by atoms with Crippen LogP contribution in [0.4, 0.5) is 13.2 Å². The molecule has 0 spiro atoms. The summed E-state index contributed by atoms with van der Waals surface area (Å²) < 4.78 is 40.2. The minimum atomic E-state index is -4.27. The van der Waals surface area contributed by atoms with E-state index in [2.05, 4.69) is 16.5 Å². The van der Waals surface area contributed by atoms with Crippen LogP contribution in [0.25, 0.3) is 0 Å². The van der Waals surface area contributed by atoms with Crippen LogP contribution < -0.4 is 5.32 Å². The van der Waals surface area contributed by atoms with Crippen LogP contribution in [0.2, 0.25) is 0 Å². The van der Waals surface area contributed by atoms with E-state index < -0.39 is 11.7 Å². The number of aryl methyl sites for hydroxylation is 1. The van der Waals surface area contributed by atoms with Gasteiger partial charge in [0, 0.05) is 30.7 Å². The first-order valence-corrected chi connectivity index (χ1v) is 8.41. The van der Waals surface area contributed by atoms with Crippen LogP contribution >= 0.6 is 0 Å². The molecule has 3 nitrogen and oxygen atoms in total. The standard InChI is InChI=1S/C18H20F3N3/c19-18(20,21)14-5-3-13(4-6-14)17(8-9-17)12-22-15-2-1-11-24-16(15)7-10-23-24/h3-7,10,15,22H,1-2,8-9,11-12H2. The molecule has 0 radical (unpaired) electrons. The average Bonchev–Trinajstić information content (AvgIpc) is 3.20. The number of rotatable bonds is 4. The van der Waals surface area contributed by atoms with Crippen LogP contribution in [-0.4, -0.2) is 16.3 Å². The Morgan fingerprint density at radius 2 is 1.92 bits per heavy atom. The molecule has 2 aliphatic rings. The van der Waals surface area contributed by atoms with Gasteiger partial charge in [-0.1, -0.05) is 12.1 Å². The summed E-state index contributed by atoms with van der Waals surface area (Å²) in [6.45, 7) is 1.76. The summed E-state index contributed by atoms with van der Waals surface area (Å²) in [7, 11) is 0. The third-order valence-electron chi connectivity index (χ3n) is 5.33. The molecule has 1 aromatic heterocycles. The van der Waals surface area contributed by atoms with Crippen molar-refractivity contribution in [1.29, 1.82) is 0 Å². The summed E-state index contributed by atoms with van der Waals surface area (Å²) in [5, 5.41) is 7.95. The summed E-state index contributed by atoms with van der Waals surface area (Å²) in [5.41, 5.74) is 1.63. The number of nitrogens with zero attached hydrogens (tertiary/aromatic N) is 2. The lowest BCUT2D eigenvalue weighted by Gasteiger charge is -2.27. The molecule has 0 bridgehead atoms. The maximum atomic E-state index is 12.7. The number of aromatic nitrogens is 2. The van der Waals surface area contributed by atoms with E-state index in [9.17, 15) is 13.2 Å². The highest BCUT2D eigenvalue weighted by Crippen LogP contribution is 2.48. The fraction of sp³-hybridized carbons (Fsp3) is 0.500. The Hall–Kier alpha value is -1.82. The zero-order valence-electron chi connectivity index (χ0n) is 13.3. The van der Waals surface area contributed by atoms with Crippen LogP contribution in [0.5, 0.6) is 0 Å². The summed E-state index contributed by atoms with van der Waals surface area (Å²) in [6.07, 6.45) is 1.79. The topological polar surface area (TPSA) is 29.9 Å². The molecule has 128 valence electrons. The Morgan fingerprint density at radius 3 is 2.58 bits per heavy atom. The van der Waals surface area contributed by atoms with Gasteiger partial charge in [0.1, 0.15) is 0 Å². The molecule has 1 N–H and O–H groups in total. The maximum absolute atomic E-state index is 12.7. The molecule has 1 fully saturated rings. The minimum absolute atomic E-state index is 0.00751. The van der Waals surface area contributed by atoms with Crippen molar-refractivity contribution in [3.63, 3.8) is 0 Å². The van der Waals surface area contributed by atoms with Gasteiger partial charge in [0.15, 0.2) is 0 Å². The van der Waals surface area contributed by atoms with Crippen molar-refractivity contribution in [3.05, 3.63) is 53.3 Å². The molecular weight excluding hydrogens is 315 g/mol. The maximum Gasteiger partial charge on any atom is 0.416 e. The lowest BCUT2D eigenvalue weighted by Crippen LogP contribution is -2.33. The zero-order valence-corrected chi connectivity index (χ0v) is 13.3. The molecule has 1 atom stereocenters. The molecular formula is C18H20F3N3. The number of hydrogen-bond acceptors (Lipinski definition) is 2. The van der Waals surface area contributed by atoms with E-state index >= 15 is 0 Å². The molecule has 24 heavy (non-hydrogen) atoms. The Kier molecular flexibility index (Phi) is 3.67. The van der Waals surface area contributed by atoms with Gasteiger partial charge >= 0.3 is 6.18 Å². The molecule has 4 rings (SSSR count). The SMILES string of the molecule is FC(F)(F)c1ccc(C2(CNC3CCCn4nccc43)CC2)cc1. The van der Waals surface area contributed by atoms with Crippen LogP contribution in [0.15, 0.2) is 36.5 Å². The normalized spacial score (nSPS) is 22.2. The predicted molar refractivity (Wildman–Crippen MR) is 84.6 cm³/mol. The number of halogens is 3. The zero-order chi connectivity index (χ0) is 16.8. The van der Waals surface area contributed by atoms with Crippen LogP contribution in [0.3, 0.4) is 0 Å². The molecule has 0 saturated heterocycles. The van der Waals surface area contributed by atoms with E-state index in [0.717, 1.165) is 44.3 Å². The van der Waals surface area contributed by atoms with Gasteiger partial charge in [-0.25, -0.2) is 0 Å². The third kappa shape index (κ3) is 2.83. The Morgan fingerprint density at radius 1 is 1.17 bits per heavy atom. The number of nitrogens with one attached hydrogen (secondary N) is 1. The highest BCUT2D eigenvalue weighted by atomic mass is 19.4. The summed E-state index contributed by atoms with van der Waals surface area (Å²) in [4.78, 5) is 0. The molecule has 1 aromatic carbocycles. The molecule has 2 aromatic rings. The average molecular weight is 335 g/mol. The van der Waals surface area contributed by atoms with Crippen molar-refractivity contribution >= 4 is 0 Å². The van der Waals surface area contributed by atoms with Gasteiger partial charge in [-0.05, 0) is 49.4 Å². The van der Waals surface area contributed by atoms with Crippen LogP contribution in [0, 0.1) is 0 Å². The van der Waals surface area contributed by atoms with E-state index in [1.807, 2.05) is 10.9 Å². The van der Waals surface area contributed by atoms with Crippen molar-refractivity contribution in [1.82, 2.24) is 15.1 Å². The van der Waals surface area contributed by atoms with E-state index in [4.69, 9.17) is 0 Å². The summed E-state index contributed by atoms with van der Waals surface area (Å²) >= 11 is 0. The second kappa shape index (κ2) is 5.62. The Bertz CT molecular complexity index is 714. The molecule has 6 heteroatoms. The fourth-order valence-electron chi connectivity index (χ4n) is 3.68. The molecule has 1 aliphatic heterocycles. The van der Waals surface area contributed by atoms with E-state index in [0.29, 0.717) is 0 Å². The van der Waals surface area contributed by atoms with E-state index in [1.165, 1.54) is 17.8 Å². The van der Waals surface area contributed by atoms with Gasteiger partial charge in [0.25, 0.3) is 0 Å². The third-order valence-corrected chi connectivity index (χ3v) is 5.33. The monoisotopic (exact) mass is 335 g/mol. The first-order valence-electron chi connectivity index (χ1n) is 8.41. The Balaban J connectivity index is 1.46. The minimum Gasteiger partial charge on any atom is -0.308 e. The first-order chi connectivity index (χ1) is 11.5. The quantitative estimate of drug-likeness (QED) is 0.913. The van der Waals surface area contributed by atoms with Crippen LogP contribution in [0.1, 0.15) is 48.5 Å². The van der Waals surface area contributed by atoms with Crippen molar-refractivity contribution in [2.24, 2.45) is 0 Å². The van der Waals surface area contributed by atoms with Gasteiger partial charge in [0.2, 0.25) is 0 Å². The molecule has 2 heterocycles. The lowest BCUT2D eigenvalue weighted by atomic mass is 9.93. The number of fused-ring (bicyclic) bond motifs is 1. The van der Waals surface area contributed by atoms with Crippen molar-refractivity contribution in [2.75, 3.05) is 6.54 Å². The summed E-state index contributed by atoms with van der Waals surface area (Å²) in [5.74, 6) is 0. The van der Waals surface area contributed by atoms with Crippen molar-refractivity contribution in [3.8, 4) is 0 Å². The molecule has 0 amide bonds.